The molecule has 1 saturated heterocycles. The largest absolute Gasteiger partial charge is 0.451 e. The van der Waals surface area contributed by atoms with E-state index in [-0.39, 0.29) is 16.7 Å². The molecule has 5 atom stereocenters. The average molecular weight is 575 g/mol. The molecule has 0 bridgehead atoms. The van der Waals surface area contributed by atoms with Crippen molar-refractivity contribution < 1.29 is 38.1 Å². The molecule has 0 radical (unpaired) electrons. The number of aldehydes is 1. The third-order valence-electron chi connectivity index (χ3n) is 6.26. The zero-order valence-corrected chi connectivity index (χ0v) is 23.0. The van der Waals surface area contributed by atoms with Crippen molar-refractivity contribution in [3.63, 3.8) is 0 Å². The molecule has 4 rings (SSSR count). The molecular formula is C32H30O8S. The summed E-state index contributed by atoms with van der Waals surface area (Å²) in [6, 6.07) is 24.7. The van der Waals surface area contributed by atoms with Crippen LogP contribution in [0.15, 0.2) is 104 Å². The Morgan fingerprint density at radius 2 is 1.15 bits per heavy atom. The van der Waals surface area contributed by atoms with Gasteiger partial charge in [-0.05, 0) is 55.0 Å². The van der Waals surface area contributed by atoms with Gasteiger partial charge in [-0.15, -0.1) is 18.3 Å². The van der Waals surface area contributed by atoms with Crippen LogP contribution in [0.2, 0.25) is 0 Å². The highest BCUT2D eigenvalue weighted by molar-refractivity contribution is 7.99. The van der Waals surface area contributed by atoms with Crippen LogP contribution in [0.25, 0.3) is 0 Å². The van der Waals surface area contributed by atoms with Gasteiger partial charge in [0.25, 0.3) is 0 Å². The Kier molecular flexibility index (Phi) is 10.9. The van der Waals surface area contributed by atoms with Gasteiger partial charge in [-0.25, -0.2) is 14.4 Å². The first kappa shape index (κ1) is 29.8. The molecule has 3 aromatic rings. The zero-order valence-electron chi connectivity index (χ0n) is 22.2. The lowest BCUT2D eigenvalue weighted by Crippen LogP contribution is -2.61. The monoisotopic (exact) mass is 574 g/mol. The van der Waals surface area contributed by atoms with E-state index in [1.165, 1.54) is 11.8 Å². The lowest BCUT2D eigenvalue weighted by atomic mass is 9.99. The van der Waals surface area contributed by atoms with E-state index < -0.39 is 47.8 Å². The number of hydrogen-bond acceptors (Lipinski definition) is 9. The second kappa shape index (κ2) is 15.0. The van der Waals surface area contributed by atoms with E-state index in [4.69, 9.17) is 18.9 Å². The Labute approximate surface area is 242 Å². The molecule has 1 aliphatic rings. The number of carbonyl (C=O) groups excluding carboxylic acids is 4. The lowest BCUT2D eigenvalue weighted by molar-refractivity contribution is -0.195. The summed E-state index contributed by atoms with van der Waals surface area (Å²) < 4.78 is 23.6. The highest BCUT2D eigenvalue weighted by atomic mass is 32.2. The van der Waals surface area contributed by atoms with E-state index in [1.54, 1.807) is 97.1 Å². The molecule has 8 nitrogen and oxygen atoms in total. The Bertz CT molecular complexity index is 1320. The predicted molar refractivity (Wildman–Crippen MR) is 154 cm³/mol. The number of unbranched alkanes of at least 4 members (excludes halogenated alkanes) is 1. The maximum atomic E-state index is 13.3. The first-order chi connectivity index (χ1) is 20.0. The van der Waals surface area contributed by atoms with Gasteiger partial charge in [0.05, 0.1) is 16.7 Å². The third kappa shape index (κ3) is 7.93. The van der Waals surface area contributed by atoms with Gasteiger partial charge in [0.15, 0.2) is 30.7 Å². The van der Waals surface area contributed by atoms with Crippen molar-refractivity contribution in [3.05, 3.63) is 120 Å². The summed E-state index contributed by atoms with van der Waals surface area (Å²) in [6.45, 7) is 3.73. The summed E-state index contributed by atoms with van der Waals surface area (Å²) in [6.07, 6.45) is -1.48. The van der Waals surface area contributed by atoms with E-state index >= 15 is 0 Å². The highest BCUT2D eigenvalue weighted by Gasteiger charge is 2.52. The minimum absolute atomic E-state index is 0.226. The summed E-state index contributed by atoms with van der Waals surface area (Å²) >= 11 is 1.31. The molecule has 0 aliphatic carbocycles. The summed E-state index contributed by atoms with van der Waals surface area (Å²) in [5.74, 6) is -1.60. The number of thioether (sulfide) groups is 1. The van der Waals surface area contributed by atoms with Gasteiger partial charge < -0.3 is 23.7 Å². The predicted octanol–water partition coefficient (Wildman–Crippen LogP) is 5.29. The third-order valence-corrected chi connectivity index (χ3v) is 7.49. The van der Waals surface area contributed by atoms with Crippen LogP contribution in [0.5, 0.6) is 0 Å². The van der Waals surface area contributed by atoms with Crippen LogP contribution in [0.4, 0.5) is 0 Å². The average Bonchev–Trinajstić information content (AvgIpc) is 3.02. The second-order valence-corrected chi connectivity index (χ2v) is 10.3. The summed E-state index contributed by atoms with van der Waals surface area (Å²) in [5.41, 5.74) is -0.170. The Morgan fingerprint density at radius 1 is 0.707 bits per heavy atom. The normalized spacial score (nSPS) is 21.7. The molecule has 0 spiro atoms. The van der Waals surface area contributed by atoms with Gasteiger partial charge in [0, 0.05) is 0 Å². The van der Waals surface area contributed by atoms with Gasteiger partial charge in [0.1, 0.15) is 5.44 Å². The van der Waals surface area contributed by atoms with Crippen molar-refractivity contribution in [2.24, 2.45) is 0 Å². The quantitative estimate of drug-likeness (QED) is 0.0938. The smallest absolute Gasteiger partial charge is 0.338 e. The molecule has 0 amide bonds. The summed E-state index contributed by atoms with van der Waals surface area (Å²) in [4.78, 5) is 51.9. The van der Waals surface area contributed by atoms with Crippen LogP contribution in [-0.2, 0) is 23.7 Å². The minimum atomic E-state index is -1.40. The van der Waals surface area contributed by atoms with Crippen LogP contribution >= 0.6 is 11.8 Å². The molecule has 1 fully saturated rings. The lowest BCUT2D eigenvalue weighted by Gasteiger charge is -2.43. The van der Waals surface area contributed by atoms with Gasteiger partial charge in [-0.1, -0.05) is 60.7 Å². The highest BCUT2D eigenvalue weighted by Crippen LogP contribution is 2.35. The molecule has 3 aromatic carbocycles. The second-order valence-electron chi connectivity index (χ2n) is 9.11. The Morgan fingerprint density at radius 3 is 1.59 bits per heavy atom. The molecule has 1 aliphatic heterocycles. The van der Waals surface area contributed by atoms with Crippen molar-refractivity contribution in [3.8, 4) is 0 Å². The minimum Gasteiger partial charge on any atom is -0.451 e. The number of rotatable bonds is 12. The molecule has 0 unspecified atom stereocenters. The van der Waals surface area contributed by atoms with E-state index in [0.717, 1.165) is 12.8 Å². The molecule has 0 aromatic heterocycles. The number of ether oxygens (including phenoxy) is 4. The van der Waals surface area contributed by atoms with Crippen LogP contribution in [-0.4, -0.2) is 59.8 Å². The maximum Gasteiger partial charge on any atom is 0.338 e. The number of benzene rings is 3. The maximum absolute atomic E-state index is 13.3. The number of hydrogen-bond donors (Lipinski definition) is 0. The van der Waals surface area contributed by atoms with E-state index in [9.17, 15) is 19.2 Å². The van der Waals surface area contributed by atoms with Crippen LogP contribution in [0.3, 0.4) is 0 Å². The fourth-order valence-electron chi connectivity index (χ4n) is 4.20. The van der Waals surface area contributed by atoms with Crippen LogP contribution in [0.1, 0.15) is 43.9 Å². The topological polar surface area (TPSA) is 105 Å². The van der Waals surface area contributed by atoms with Gasteiger partial charge >= 0.3 is 17.9 Å². The van der Waals surface area contributed by atoms with E-state index in [2.05, 4.69) is 6.58 Å². The van der Waals surface area contributed by atoms with Crippen LogP contribution < -0.4 is 0 Å². The van der Waals surface area contributed by atoms with Crippen LogP contribution in [0, 0.1) is 0 Å². The molecular weight excluding hydrogens is 544 g/mol. The fraction of sp³-hybridized carbons (Fsp3) is 0.250. The SMILES string of the molecule is C=CCCCS[C@H]1O[C@H](C=O)[C@H](OC(=O)c2ccccc2)[C@H](OC(=O)c2ccccc2)[C@H]1OC(=O)c1ccccc1. The standard InChI is InChI=1S/C32H30O8S/c1-2-3-13-20-41-32-28(40-31(36)24-18-11-6-12-19-24)27(39-30(35)23-16-9-5-10-17-23)26(25(21-33)37-32)38-29(34)22-14-7-4-8-15-22/h2,4-12,14-19,21,25-28,32H,1,3,13,20H2/t25-,26+,27+,28-,32-/m1/s1. The number of allylic oxidation sites excluding steroid dienone is 1. The van der Waals surface area contributed by atoms with Crippen molar-refractivity contribution in [1.29, 1.82) is 0 Å². The first-order valence-corrected chi connectivity index (χ1v) is 14.2. The van der Waals surface area contributed by atoms with Gasteiger partial charge in [-0.2, -0.15) is 0 Å². The zero-order chi connectivity index (χ0) is 29.0. The van der Waals surface area contributed by atoms with E-state index in [1.807, 2.05) is 0 Å². The number of carbonyl (C=O) groups is 4. The number of esters is 3. The van der Waals surface area contributed by atoms with E-state index in [0.29, 0.717) is 12.0 Å². The Balaban J connectivity index is 1.70. The van der Waals surface area contributed by atoms with Crippen molar-refractivity contribution >= 4 is 36.0 Å². The first-order valence-electron chi connectivity index (χ1n) is 13.1. The molecule has 9 heteroatoms. The van der Waals surface area contributed by atoms with Crippen molar-refractivity contribution in [2.75, 3.05) is 5.75 Å². The summed E-state index contributed by atoms with van der Waals surface area (Å²) in [7, 11) is 0. The molecule has 0 N–H and O–H groups in total. The molecule has 212 valence electrons. The fourth-order valence-corrected chi connectivity index (χ4v) is 5.37. The van der Waals surface area contributed by atoms with Gasteiger partial charge in [-0.3, -0.25) is 0 Å². The molecule has 0 saturated carbocycles. The van der Waals surface area contributed by atoms with Gasteiger partial charge in [0.2, 0.25) is 0 Å². The van der Waals surface area contributed by atoms with Crippen molar-refractivity contribution in [2.45, 2.75) is 42.7 Å². The molecule has 1 heterocycles. The Hall–Kier alpha value is -4.21. The summed E-state index contributed by atoms with van der Waals surface area (Å²) in [5, 5.41) is 0. The molecule has 41 heavy (non-hydrogen) atoms. The van der Waals surface area contributed by atoms with Crippen molar-refractivity contribution in [1.82, 2.24) is 0 Å².